The molecule has 0 saturated carbocycles. The van der Waals surface area contributed by atoms with Crippen LogP contribution in [0.1, 0.15) is 29.8 Å². The highest BCUT2D eigenvalue weighted by molar-refractivity contribution is 7.99. The summed E-state index contributed by atoms with van der Waals surface area (Å²) in [5, 5.41) is 4.18. The summed E-state index contributed by atoms with van der Waals surface area (Å²) >= 11 is 2.03. The fourth-order valence-corrected chi connectivity index (χ4v) is 3.31. The highest BCUT2D eigenvalue weighted by Gasteiger charge is 2.24. The zero-order chi connectivity index (χ0) is 9.97. The van der Waals surface area contributed by atoms with Gasteiger partial charge in [0.2, 0.25) is 0 Å². The van der Waals surface area contributed by atoms with Crippen LogP contribution in [0.5, 0.6) is 0 Å². The van der Waals surface area contributed by atoms with Gasteiger partial charge in [0.1, 0.15) is 0 Å². The van der Waals surface area contributed by atoms with Gasteiger partial charge in [-0.15, -0.1) is 11.8 Å². The first-order chi connectivity index (χ1) is 6.81. The highest BCUT2D eigenvalue weighted by Crippen LogP contribution is 2.34. The molecule has 1 saturated heterocycles. The minimum absolute atomic E-state index is 0.515. The van der Waals surface area contributed by atoms with Crippen LogP contribution in [0.3, 0.4) is 0 Å². The Morgan fingerprint density at radius 3 is 2.86 bits per heavy atom. The van der Waals surface area contributed by atoms with E-state index >= 15 is 0 Å². The van der Waals surface area contributed by atoms with Gasteiger partial charge < -0.3 is 0 Å². The first kappa shape index (κ1) is 10.1. The van der Waals surface area contributed by atoms with Crippen molar-refractivity contribution in [3.63, 3.8) is 0 Å². The van der Waals surface area contributed by atoms with Crippen LogP contribution in [0, 0.1) is 6.92 Å². The maximum Gasteiger partial charge on any atom is 0.0794 e. The van der Waals surface area contributed by atoms with Gasteiger partial charge in [0.05, 0.1) is 5.37 Å². The van der Waals surface area contributed by atoms with Crippen LogP contribution in [-0.2, 0) is 0 Å². The molecule has 14 heavy (non-hydrogen) atoms. The minimum Gasteiger partial charge on any atom is -0.298 e. The Bertz CT molecular complexity index is 311. The van der Waals surface area contributed by atoms with Crippen molar-refractivity contribution >= 4 is 11.8 Å². The van der Waals surface area contributed by atoms with Crippen molar-refractivity contribution in [2.45, 2.75) is 31.7 Å². The second kappa shape index (κ2) is 4.37. The van der Waals surface area contributed by atoms with Gasteiger partial charge in [-0.3, -0.25) is 5.32 Å². The standard InChI is InChI=1S/C12H17NS/c1-3-10-8-14-12(13-10)11-7-5-4-6-9(11)2/h4-7,10,12-13H,3,8H2,1-2H3. The Morgan fingerprint density at radius 2 is 2.21 bits per heavy atom. The molecular formula is C12H17NS. The number of thioether (sulfide) groups is 1. The SMILES string of the molecule is CCC1CSC(c2ccccc2C)N1. The fraction of sp³-hybridized carbons (Fsp3) is 0.500. The summed E-state index contributed by atoms with van der Waals surface area (Å²) in [5.41, 5.74) is 2.85. The second-order valence-electron chi connectivity index (χ2n) is 3.84. The molecule has 0 aliphatic carbocycles. The summed E-state index contributed by atoms with van der Waals surface area (Å²) in [4.78, 5) is 0. The molecule has 1 fully saturated rings. The number of hydrogen-bond acceptors (Lipinski definition) is 2. The van der Waals surface area contributed by atoms with Gasteiger partial charge in [-0.05, 0) is 24.5 Å². The summed E-state index contributed by atoms with van der Waals surface area (Å²) in [6.45, 7) is 4.44. The predicted molar refractivity (Wildman–Crippen MR) is 63.6 cm³/mol. The van der Waals surface area contributed by atoms with E-state index < -0.39 is 0 Å². The van der Waals surface area contributed by atoms with Crippen molar-refractivity contribution < 1.29 is 0 Å². The van der Waals surface area contributed by atoms with Gasteiger partial charge in [-0.2, -0.15) is 0 Å². The molecule has 0 amide bonds. The molecule has 76 valence electrons. The second-order valence-corrected chi connectivity index (χ2v) is 4.98. The normalized spacial score (nSPS) is 26.7. The summed E-state index contributed by atoms with van der Waals surface area (Å²) < 4.78 is 0. The third-order valence-corrected chi connectivity index (χ3v) is 4.13. The Balaban J connectivity index is 2.13. The molecule has 1 aromatic carbocycles. The lowest BCUT2D eigenvalue weighted by molar-refractivity contribution is 0.560. The Morgan fingerprint density at radius 1 is 1.43 bits per heavy atom. The van der Waals surface area contributed by atoms with Crippen LogP contribution >= 0.6 is 11.8 Å². The smallest absolute Gasteiger partial charge is 0.0794 e. The molecule has 2 rings (SSSR count). The van der Waals surface area contributed by atoms with Crippen LogP contribution in [0.2, 0.25) is 0 Å². The first-order valence-corrected chi connectivity index (χ1v) is 6.29. The van der Waals surface area contributed by atoms with E-state index in [0.29, 0.717) is 11.4 Å². The number of aryl methyl sites for hydroxylation is 1. The molecule has 1 nitrogen and oxygen atoms in total. The molecule has 1 aliphatic heterocycles. The van der Waals surface area contributed by atoms with E-state index in [-0.39, 0.29) is 0 Å². The van der Waals surface area contributed by atoms with E-state index in [1.807, 2.05) is 11.8 Å². The number of benzene rings is 1. The fourth-order valence-electron chi connectivity index (χ4n) is 1.82. The molecule has 1 aromatic rings. The molecule has 2 heteroatoms. The van der Waals surface area contributed by atoms with Gasteiger partial charge in [-0.25, -0.2) is 0 Å². The van der Waals surface area contributed by atoms with E-state index in [1.54, 1.807) is 0 Å². The number of rotatable bonds is 2. The van der Waals surface area contributed by atoms with E-state index in [4.69, 9.17) is 0 Å². The monoisotopic (exact) mass is 207 g/mol. The molecule has 2 atom stereocenters. The average Bonchev–Trinajstić information content (AvgIpc) is 2.67. The van der Waals surface area contributed by atoms with Gasteiger partial charge >= 0.3 is 0 Å². The molecule has 0 radical (unpaired) electrons. The van der Waals surface area contributed by atoms with Crippen LogP contribution in [0.4, 0.5) is 0 Å². The van der Waals surface area contributed by atoms with Gasteiger partial charge in [0, 0.05) is 11.8 Å². The molecule has 1 N–H and O–H groups in total. The lowest BCUT2D eigenvalue weighted by Gasteiger charge is -2.14. The Labute approximate surface area is 90.3 Å². The van der Waals surface area contributed by atoms with E-state index in [2.05, 4.69) is 43.4 Å². The summed E-state index contributed by atoms with van der Waals surface area (Å²) in [5.74, 6) is 1.25. The van der Waals surface area contributed by atoms with Crippen molar-refractivity contribution in [2.75, 3.05) is 5.75 Å². The zero-order valence-corrected chi connectivity index (χ0v) is 9.60. The minimum atomic E-state index is 0.515. The summed E-state index contributed by atoms with van der Waals surface area (Å²) in [6, 6.07) is 9.36. The molecule has 2 unspecified atom stereocenters. The van der Waals surface area contributed by atoms with Crippen molar-refractivity contribution in [3.8, 4) is 0 Å². The maximum atomic E-state index is 3.66. The lowest BCUT2D eigenvalue weighted by atomic mass is 10.1. The largest absolute Gasteiger partial charge is 0.298 e. The topological polar surface area (TPSA) is 12.0 Å². The average molecular weight is 207 g/mol. The van der Waals surface area contributed by atoms with Gasteiger partial charge in [0.25, 0.3) is 0 Å². The van der Waals surface area contributed by atoms with Crippen LogP contribution in [0.25, 0.3) is 0 Å². The maximum absolute atomic E-state index is 3.66. The highest BCUT2D eigenvalue weighted by atomic mass is 32.2. The lowest BCUT2D eigenvalue weighted by Crippen LogP contribution is -2.24. The van der Waals surface area contributed by atoms with Crippen LogP contribution in [0.15, 0.2) is 24.3 Å². The summed E-state index contributed by atoms with van der Waals surface area (Å²) in [6.07, 6.45) is 1.23. The third-order valence-electron chi connectivity index (χ3n) is 2.81. The van der Waals surface area contributed by atoms with Crippen molar-refractivity contribution in [1.29, 1.82) is 0 Å². The van der Waals surface area contributed by atoms with Crippen LogP contribution in [-0.4, -0.2) is 11.8 Å². The molecule has 0 aromatic heterocycles. The molecular weight excluding hydrogens is 190 g/mol. The van der Waals surface area contributed by atoms with Crippen molar-refractivity contribution in [3.05, 3.63) is 35.4 Å². The van der Waals surface area contributed by atoms with E-state index in [9.17, 15) is 0 Å². The quantitative estimate of drug-likeness (QED) is 0.799. The van der Waals surface area contributed by atoms with Gasteiger partial charge in [-0.1, -0.05) is 31.2 Å². The zero-order valence-electron chi connectivity index (χ0n) is 8.79. The van der Waals surface area contributed by atoms with Crippen LogP contribution < -0.4 is 5.32 Å². The molecule has 1 heterocycles. The van der Waals surface area contributed by atoms with E-state index in [0.717, 1.165) is 0 Å². The Kier molecular flexibility index (Phi) is 3.14. The molecule has 0 spiro atoms. The summed E-state index contributed by atoms with van der Waals surface area (Å²) in [7, 11) is 0. The molecule has 1 aliphatic rings. The van der Waals surface area contributed by atoms with E-state index in [1.165, 1.54) is 23.3 Å². The first-order valence-electron chi connectivity index (χ1n) is 5.24. The number of nitrogens with one attached hydrogen (secondary N) is 1. The van der Waals surface area contributed by atoms with Gasteiger partial charge in [0.15, 0.2) is 0 Å². The van der Waals surface area contributed by atoms with Crippen molar-refractivity contribution in [1.82, 2.24) is 5.32 Å². The van der Waals surface area contributed by atoms with Crippen molar-refractivity contribution in [2.24, 2.45) is 0 Å². The predicted octanol–water partition coefficient (Wildman–Crippen LogP) is 3.11. The Hall–Kier alpha value is -0.470. The third kappa shape index (κ3) is 1.96. The number of hydrogen-bond donors (Lipinski definition) is 1. The molecule has 0 bridgehead atoms.